The van der Waals surface area contributed by atoms with Crippen LogP contribution in [0.2, 0.25) is 0 Å². The lowest BCUT2D eigenvalue weighted by atomic mass is 10.1. The molecule has 0 heterocycles. The van der Waals surface area contributed by atoms with Gasteiger partial charge in [-0.3, -0.25) is 0 Å². The molecule has 2 N–H and O–H groups in total. The molecule has 118 valence electrons. The smallest absolute Gasteiger partial charge is 0.480 e. The van der Waals surface area contributed by atoms with Crippen molar-refractivity contribution in [2.24, 2.45) is 0 Å². The number of hydrogen-bond acceptors (Lipinski definition) is 4. The van der Waals surface area contributed by atoms with Gasteiger partial charge in [0.1, 0.15) is 6.04 Å². The highest BCUT2D eigenvalue weighted by Gasteiger charge is 2.46. The van der Waals surface area contributed by atoms with E-state index in [4.69, 9.17) is 5.11 Å². The van der Waals surface area contributed by atoms with Gasteiger partial charge in [-0.15, -0.1) is 0 Å². The standard InChI is InChI=1S/C12H14F3NO4S/c1-2-3-10(11(17)18)16-8-4-6-9(7-5-8)21(19,20)12(13,14)15/h4-7,10,16H,2-3H2,1H3,(H,17,18). The SMILES string of the molecule is CCCC(Nc1ccc(S(=O)(=O)C(F)(F)F)cc1)C(=O)O. The Balaban J connectivity index is 2.96. The number of hydrogen-bond donors (Lipinski definition) is 2. The quantitative estimate of drug-likeness (QED) is 0.840. The maximum Gasteiger partial charge on any atom is 0.501 e. The summed E-state index contributed by atoms with van der Waals surface area (Å²) in [6.07, 6.45) is 0.933. The van der Waals surface area contributed by atoms with Crippen molar-refractivity contribution in [3.05, 3.63) is 24.3 Å². The van der Waals surface area contributed by atoms with E-state index in [0.717, 1.165) is 24.3 Å². The molecule has 1 atom stereocenters. The molecule has 0 fully saturated rings. The number of carboxylic acid groups (broad SMARTS) is 1. The van der Waals surface area contributed by atoms with Gasteiger partial charge in [0.15, 0.2) is 0 Å². The number of benzene rings is 1. The monoisotopic (exact) mass is 325 g/mol. The molecule has 0 aliphatic heterocycles. The topological polar surface area (TPSA) is 83.5 Å². The van der Waals surface area contributed by atoms with E-state index in [0.29, 0.717) is 12.8 Å². The number of carboxylic acids is 1. The Morgan fingerprint density at radius 1 is 1.29 bits per heavy atom. The Kier molecular flexibility index (Phi) is 5.21. The zero-order valence-corrected chi connectivity index (χ0v) is 11.8. The summed E-state index contributed by atoms with van der Waals surface area (Å²) < 4.78 is 59.4. The number of alkyl halides is 3. The lowest BCUT2D eigenvalue weighted by Crippen LogP contribution is -2.29. The second kappa shape index (κ2) is 6.33. The van der Waals surface area contributed by atoms with Crippen LogP contribution in [-0.2, 0) is 14.6 Å². The van der Waals surface area contributed by atoms with E-state index < -0.39 is 32.3 Å². The Hall–Kier alpha value is -1.77. The fourth-order valence-corrected chi connectivity index (χ4v) is 2.37. The van der Waals surface area contributed by atoms with Gasteiger partial charge in [-0.2, -0.15) is 13.2 Å². The molecule has 0 saturated heterocycles. The molecule has 5 nitrogen and oxygen atoms in total. The Morgan fingerprint density at radius 3 is 2.19 bits per heavy atom. The van der Waals surface area contributed by atoms with E-state index in [1.54, 1.807) is 6.92 Å². The lowest BCUT2D eigenvalue weighted by molar-refractivity contribution is -0.138. The maximum atomic E-state index is 12.4. The first-order chi connectivity index (χ1) is 9.59. The van der Waals surface area contributed by atoms with Crippen molar-refractivity contribution in [1.29, 1.82) is 0 Å². The van der Waals surface area contributed by atoms with Crippen LogP contribution in [-0.4, -0.2) is 31.0 Å². The Labute approximate surface area is 119 Å². The highest BCUT2D eigenvalue weighted by molar-refractivity contribution is 7.92. The number of nitrogens with one attached hydrogen (secondary N) is 1. The third kappa shape index (κ3) is 4.10. The largest absolute Gasteiger partial charge is 0.501 e. The number of sulfone groups is 1. The van der Waals surface area contributed by atoms with E-state index in [9.17, 15) is 26.4 Å². The van der Waals surface area contributed by atoms with E-state index in [-0.39, 0.29) is 5.69 Å². The minimum Gasteiger partial charge on any atom is -0.480 e. The van der Waals surface area contributed by atoms with Crippen molar-refractivity contribution in [3.63, 3.8) is 0 Å². The van der Waals surface area contributed by atoms with Crippen LogP contribution in [0, 0.1) is 0 Å². The summed E-state index contributed by atoms with van der Waals surface area (Å²) >= 11 is 0. The van der Waals surface area contributed by atoms with Crippen molar-refractivity contribution in [1.82, 2.24) is 0 Å². The summed E-state index contributed by atoms with van der Waals surface area (Å²) in [5.74, 6) is -1.09. The summed E-state index contributed by atoms with van der Waals surface area (Å²) in [7, 11) is -5.39. The molecule has 0 aliphatic rings. The highest BCUT2D eigenvalue weighted by Crippen LogP contribution is 2.30. The highest BCUT2D eigenvalue weighted by atomic mass is 32.2. The Bertz CT molecular complexity index is 596. The van der Waals surface area contributed by atoms with Crippen LogP contribution in [0.5, 0.6) is 0 Å². The first-order valence-electron chi connectivity index (χ1n) is 6.00. The summed E-state index contributed by atoms with van der Waals surface area (Å²) in [5, 5.41) is 11.6. The lowest BCUT2D eigenvalue weighted by Gasteiger charge is -2.15. The second-order valence-electron chi connectivity index (χ2n) is 4.30. The van der Waals surface area contributed by atoms with Gasteiger partial charge in [0.25, 0.3) is 9.84 Å². The van der Waals surface area contributed by atoms with Crippen molar-refractivity contribution in [2.75, 3.05) is 5.32 Å². The third-order valence-electron chi connectivity index (χ3n) is 2.69. The summed E-state index contributed by atoms with van der Waals surface area (Å²) in [6, 6.07) is 2.89. The number of anilines is 1. The van der Waals surface area contributed by atoms with Gasteiger partial charge < -0.3 is 10.4 Å². The molecule has 0 radical (unpaired) electrons. The first kappa shape index (κ1) is 17.3. The average Bonchev–Trinajstić information content (AvgIpc) is 2.37. The van der Waals surface area contributed by atoms with Crippen LogP contribution in [0.3, 0.4) is 0 Å². The minimum atomic E-state index is -5.39. The van der Waals surface area contributed by atoms with E-state index in [1.807, 2.05) is 0 Å². The summed E-state index contributed by atoms with van der Waals surface area (Å²) in [4.78, 5) is 10.1. The van der Waals surface area contributed by atoms with Crippen LogP contribution < -0.4 is 5.32 Å². The molecule has 0 bridgehead atoms. The molecule has 21 heavy (non-hydrogen) atoms. The third-order valence-corrected chi connectivity index (χ3v) is 4.19. The van der Waals surface area contributed by atoms with Gasteiger partial charge in [-0.25, -0.2) is 13.2 Å². The van der Waals surface area contributed by atoms with Gasteiger partial charge in [0.2, 0.25) is 0 Å². The molecule has 0 aromatic heterocycles. The van der Waals surface area contributed by atoms with Crippen LogP contribution in [0.15, 0.2) is 29.2 Å². The van der Waals surface area contributed by atoms with Crippen LogP contribution in [0.4, 0.5) is 18.9 Å². The van der Waals surface area contributed by atoms with Crippen LogP contribution in [0.25, 0.3) is 0 Å². The molecule has 1 aromatic rings. The summed E-state index contributed by atoms with van der Waals surface area (Å²) in [6.45, 7) is 1.79. The van der Waals surface area contributed by atoms with E-state index >= 15 is 0 Å². The molecular formula is C12H14F3NO4S. The summed E-state index contributed by atoms with van der Waals surface area (Å²) in [5.41, 5.74) is -5.13. The zero-order valence-electron chi connectivity index (χ0n) is 11.0. The molecule has 0 aliphatic carbocycles. The molecule has 1 aromatic carbocycles. The number of carbonyl (C=O) groups is 1. The van der Waals surface area contributed by atoms with Crippen molar-refractivity contribution in [2.45, 2.75) is 36.2 Å². The molecule has 9 heteroatoms. The van der Waals surface area contributed by atoms with Crippen molar-refractivity contribution >= 4 is 21.5 Å². The van der Waals surface area contributed by atoms with Gasteiger partial charge in [0.05, 0.1) is 4.90 Å². The molecule has 0 amide bonds. The second-order valence-corrected chi connectivity index (χ2v) is 6.24. The minimum absolute atomic E-state index is 0.233. The number of rotatable bonds is 6. The average molecular weight is 325 g/mol. The fraction of sp³-hybridized carbons (Fsp3) is 0.417. The zero-order chi connectivity index (χ0) is 16.3. The maximum absolute atomic E-state index is 12.4. The van der Waals surface area contributed by atoms with Crippen LogP contribution in [0.1, 0.15) is 19.8 Å². The van der Waals surface area contributed by atoms with Crippen molar-refractivity contribution in [3.8, 4) is 0 Å². The molecular weight excluding hydrogens is 311 g/mol. The number of aliphatic carboxylic acids is 1. The molecule has 1 rings (SSSR count). The molecule has 0 saturated carbocycles. The van der Waals surface area contributed by atoms with E-state index in [1.165, 1.54) is 0 Å². The molecule has 1 unspecified atom stereocenters. The first-order valence-corrected chi connectivity index (χ1v) is 7.48. The van der Waals surface area contributed by atoms with Crippen LogP contribution >= 0.6 is 0 Å². The van der Waals surface area contributed by atoms with Gasteiger partial charge >= 0.3 is 11.5 Å². The fourth-order valence-electron chi connectivity index (χ4n) is 1.61. The predicted molar refractivity (Wildman–Crippen MR) is 69.6 cm³/mol. The molecule has 0 spiro atoms. The van der Waals surface area contributed by atoms with Gasteiger partial charge in [-0.1, -0.05) is 13.3 Å². The predicted octanol–water partition coefficient (Wildman–Crippen LogP) is 2.65. The van der Waals surface area contributed by atoms with Crippen molar-refractivity contribution < 1.29 is 31.5 Å². The van der Waals surface area contributed by atoms with E-state index in [2.05, 4.69) is 5.32 Å². The number of halogens is 3. The normalized spacial score (nSPS) is 13.7. The van der Waals surface area contributed by atoms with Gasteiger partial charge in [-0.05, 0) is 30.7 Å². The van der Waals surface area contributed by atoms with Gasteiger partial charge in [0, 0.05) is 5.69 Å². The Morgan fingerprint density at radius 2 is 1.81 bits per heavy atom.